The van der Waals surface area contributed by atoms with Crippen LogP contribution in [0.2, 0.25) is 0 Å². The highest BCUT2D eigenvalue weighted by Crippen LogP contribution is 2.14. The minimum atomic E-state index is -0.998. The van der Waals surface area contributed by atoms with Crippen LogP contribution in [-0.4, -0.2) is 36.6 Å². The predicted molar refractivity (Wildman–Crippen MR) is 54.6 cm³/mol. The number of hydrogen-bond donors (Lipinski definition) is 2. The summed E-state index contributed by atoms with van der Waals surface area (Å²) in [5, 5.41) is 15.2. The van der Waals surface area contributed by atoms with Crippen LogP contribution in [0.25, 0.3) is 0 Å². The SMILES string of the molecule is NN=NC(CCCCC1OCCO1)C(=O)O. The van der Waals surface area contributed by atoms with E-state index in [0.717, 1.165) is 19.3 Å². The van der Waals surface area contributed by atoms with Crippen molar-refractivity contribution in [3.8, 4) is 0 Å². The number of carboxylic acid groups (broad SMARTS) is 1. The third-order valence-corrected chi connectivity index (χ3v) is 2.35. The number of unbranched alkanes of at least 4 members (excludes halogenated alkanes) is 1. The molecule has 1 heterocycles. The van der Waals surface area contributed by atoms with Crippen molar-refractivity contribution in [2.24, 2.45) is 16.2 Å². The first kappa shape index (κ1) is 12.9. The molecule has 1 fully saturated rings. The molecule has 0 aromatic carbocycles. The van der Waals surface area contributed by atoms with Crippen LogP contribution in [0.15, 0.2) is 10.3 Å². The number of ether oxygens (including phenoxy) is 2. The van der Waals surface area contributed by atoms with Crippen molar-refractivity contribution in [1.82, 2.24) is 0 Å². The van der Waals surface area contributed by atoms with E-state index in [2.05, 4.69) is 10.3 Å². The van der Waals surface area contributed by atoms with Crippen LogP contribution >= 0.6 is 0 Å². The molecule has 0 saturated carbocycles. The van der Waals surface area contributed by atoms with Gasteiger partial charge in [-0.15, -0.1) is 0 Å². The van der Waals surface area contributed by atoms with Crippen LogP contribution in [0.3, 0.4) is 0 Å². The summed E-state index contributed by atoms with van der Waals surface area (Å²) in [5.74, 6) is 3.83. The number of carbonyl (C=O) groups is 1. The lowest BCUT2D eigenvalue weighted by molar-refractivity contribution is -0.138. The summed E-state index contributed by atoms with van der Waals surface area (Å²) in [6, 6.07) is -0.838. The molecule has 1 aliphatic heterocycles. The molecule has 1 atom stereocenters. The Kier molecular flexibility index (Phi) is 5.73. The molecule has 0 aromatic heterocycles. The van der Waals surface area contributed by atoms with E-state index in [4.69, 9.17) is 20.4 Å². The molecule has 1 saturated heterocycles. The van der Waals surface area contributed by atoms with Crippen molar-refractivity contribution in [3.63, 3.8) is 0 Å². The zero-order chi connectivity index (χ0) is 11.8. The maximum absolute atomic E-state index is 10.7. The molecule has 0 radical (unpaired) electrons. The Labute approximate surface area is 93.6 Å². The molecule has 1 aliphatic rings. The second-order valence-corrected chi connectivity index (χ2v) is 3.54. The lowest BCUT2D eigenvalue weighted by Gasteiger charge is -2.09. The predicted octanol–water partition coefficient (Wildman–Crippen LogP) is 0.699. The van der Waals surface area contributed by atoms with Crippen LogP contribution in [0, 0.1) is 0 Å². The van der Waals surface area contributed by atoms with Crippen molar-refractivity contribution in [2.75, 3.05) is 13.2 Å². The van der Waals surface area contributed by atoms with Gasteiger partial charge in [0, 0.05) is 0 Å². The number of rotatable bonds is 7. The van der Waals surface area contributed by atoms with E-state index in [-0.39, 0.29) is 6.29 Å². The van der Waals surface area contributed by atoms with Crippen molar-refractivity contribution < 1.29 is 19.4 Å². The number of carboxylic acids is 1. The van der Waals surface area contributed by atoms with Crippen molar-refractivity contribution >= 4 is 5.97 Å². The zero-order valence-corrected chi connectivity index (χ0v) is 9.04. The molecule has 1 unspecified atom stereocenters. The molecule has 3 N–H and O–H groups in total. The first-order valence-corrected chi connectivity index (χ1v) is 5.30. The second-order valence-electron chi connectivity index (χ2n) is 3.54. The summed E-state index contributed by atoms with van der Waals surface area (Å²) in [4.78, 5) is 10.7. The summed E-state index contributed by atoms with van der Waals surface area (Å²) in [6.07, 6.45) is 2.67. The molecule has 0 aliphatic carbocycles. The average Bonchev–Trinajstić information content (AvgIpc) is 2.75. The smallest absolute Gasteiger partial charge is 0.330 e. The highest BCUT2D eigenvalue weighted by Gasteiger charge is 2.18. The lowest BCUT2D eigenvalue weighted by Crippen LogP contribution is -2.18. The maximum Gasteiger partial charge on any atom is 0.330 e. The summed E-state index contributed by atoms with van der Waals surface area (Å²) in [7, 11) is 0. The van der Waals surface area contributed by atoms with E-state index in [1.807, 2.05) is 0 Å². The first-order chi connectivity index (χ1) is 7.74. The Morgan fingerprint density at radius 1 is 1.44 bits per heavy atom. The van der Waals surface area contributed by atoms with Crippen molar-refractivity contribution in [3.05, 3.63) is 0 Å². The topological polar surface area (TPSA) is 107 Å². The monoisotopic (exact) mass is 231 g/mol. The summed E-state index contributed by atoms with van der Waals surface area (Å²) >= 11 is 0. The van der Waals surface area contributed by atoms with Gasteiger partial charge in [-0.3, -0.25) is 0 Å². The lowest BCUT2D eigenvalue weighted by atomic mass is 10.1. The molecule has 16 heavy (non-hydrogen) atoms. The van der Waals surface area contributed by atoms with Crippen LogP contribution in [0.4, 0.5) is 0 Å². The maximum atomic E-state index is 10.7. The van der Waals surface area contributed by atoms with E-state index < -0.39 is 12.0 Å². The van der Waals surface area contributed by atoms with Gasteiger partial charge in [0.1, 0.15) is 0 Å². The van der Waals surface area contributed by atoms with Gasteiger partial charge in [-0.1, -0.05) is 11.6 Å². The third-order valence-electron chi connectivity index (χ3n) is 2.35. The van der Waals surface area contributed by atoms with E-state index in [9.17, 15) is 4.79 Å². The molecule has 7 heteroatoms. The number of nitrogens with zero attached hydrogens (tertiary/aromatic N) is 2. The van der Waals surface area contributed by atoms with Gasteiger partial charge >= 0.3 is 5.97 Å². The van der Waals surface area contributed by atoms with Crippen LogP contribution in [-0.2, 0) is 14.3 Å². The normalized spacial score (nSPS) is 19.2. The van der Waals surface area contributed by atoms with E-state index >= 15 is 0 Å². The summed E-state index contributed by atoms with van der Waals surface area (Å²) < 4.78 is 10.5. The van der Waals surface area contributed by atoms with E-state index in [1.165, 1.54) is 0 Å². The molecule has 7 nitrogen and oxygen atoms in total. The molecule has 0 spiro atoms. The van der Waals surface area contributed by atoms with Gasteiger partial charge in [0.2, 0.25) is 0 Å². The van der Waals surface area contributed by atoms with Gasteiger partial charge in [-0.25, -0.2) is 4.79 Å². The molecule has 1 rings (SSSR count). The minimum Gasteiger partial charge on any atom is -0.480 e. The van der Waals surface area contributed by atoms with E-state index in [0.29, 0.717) is 19.6 Å². The number of aliphatic carboxylic acids is 1. The molecule has 0 bridgehead atoms. The van der Waals surface area contributed by atoms with Crippen molar-refractivity contribution in [2.45, 2.75) is 38.0 Å². The van der Waals surface area contributed by atoms with Gasteiger partial charge in [0.15, 0.2) is 12.3 Å². The largest absolute Gasteiger partial charge is 0.480 e. The Morgan fingerprint density at radius 3 is 2.69 bits per heavy atom. The Hall–Kier alpha value is -1.21. The fourth-order valence-corrected chi connectivity index (χ4v) is 1.53. The Bertz CT molecular complexity index is 241. The molecule has 0 aromatic rings. The Morgan fingerprint density at radius 2 is 2.12 bits per heavy atom. The molecule has 0 amide bonds. The van der Waals surface area contributed by atoms with Crippen molar-refractivity contribution in [1.29, 1.82) is 0 Å². The quantitative estimate of drug-likeness (QED) is 0.290. The Balaban J connectivity index is 2.10. The number of nitrogens with two attached hydrogens (primary N) is 1. The van der Waals surface area contributed by atoms with Gasteiger partial charge in [0.05, 0.1) is 13.2 Å². The standard InChI is InChI=1S/C9H17N3O4/c10-12-11-7(9(13)14)3-1-2-4-8-15-5-6-16-8/h7-8H,1-6H2,(H2,10,11)(H,13,14). The molecular formula is C9H17N3O4. The summed E-state index contributed by atoms with van der Waals surface area (Å²) in [6.45, 7) is 1.29. The van der Waals surface area contributed by atoms with Gasteiger partial charge in [-0.2, -0.15) is 5.11 Å². The van der Waals surface area contributed by atoms with Crippen LogP contribution in [0.5, 0.6) is 0 Å². The summed E-state index contributed by atoms with van der Waals surface area (Å²) in [5.41, 5.74) is 0. The van der Waals surface area contributed by atoms with Crippen LogP contribution in [0.1, 0.15) is 25.7 Å². The average molecular weight is 231 g/mol. The van der Waals surface area contributed by atoms with Gasteiger partial charge in [-0.05, 0) is 19.3 Å². The first-order valence-electron chi connectivity index (χ1n) is 5.30. The van der Waals surface area contributed by atoms with Crippen LogP contribution < -0.4 is 5.84 Å². The highest BCUT2D eigenvalue weighted by atomic mass is 16.7. The second kappa shape index (κ2) is 7.13. The fraction of sp³-hybridized carbons (Fsp3) is 0.889. The number of hydrogen-bond acceptors (Lipinski definition) is 5. The highest BCUT2D eigenvalue weighted by molar-refractivity contribution is 5.73. The third kappa shape index (κ3) is 4.54. The molecule has 92 valence electrons. The van der Waals surface area contributed by atoms with Gasteiger partial charge < -0.3 is 20.4 Å². The zero-order valence-electron chi connectivity index (χ0n) is 9.04. The molecular weight excluding hydrogens is 214 g/mol. The van der Waals surface area contributed by atoms with E-state index in [1.54, 1.807) is 0 Å². The fourth-order valence-electron chi connectivity index (χ4n) is 1.53. The minimum absolute atomic E-state index is 0.126. The van der Waals surface area contributed by atoms with Gasteiger partial charge in [0.25, 0.3) is 0 Å².